The number of aromatic nitrogens is 6. The summed E-state index contributed by atoms with van der Waals surface area (Å²) in [5.41, 5.74) is 7.63. The molecule has 2 N–H and O–H groups in total. The van der Waals surface area contributed by atoms with Crippen LogP contribution in [-0.4, -0.2) is 58.6 Å². The van der Waals surface area contributed by atoms with Gasteiger partial charge in [-0.15, -0.1) is 0 Å². The molecule has 13 heteroatoms. The Labute approximate surface area is 220 Å². The Bertz CT molecular complexity index is 1680. The summed E-state index contributed by atoms with van der Waals surface area (Å²) >= 11 is 0. The number of alkyl halides is 3. The van der Waals surface area contributed by atoms with E-state index in [4.69, 9.17) is 0 Å². The van der Waals surface area contributed by atoms with Gasteiger partial charge in [0.15, 0.2) is 0 Å². The molecule has 39 heavy (non-hydrogen) atoms. The van der Waals surface area contributed by atoms with E-state index in [1.165, 1.54) is 18.3 Å². The summed E-state index contributed by atoms with van der Waals surface area (Å²) in [6.07, 6.45) is 7.17. The van der Waals surface area contributed by atoms with Gasteiger partial charge in [-0.05, 0) is 35.9 Å². The molecule has 0 aromatic carbocycles. The van der Waals surface area contributed by atoms with Gasteiger partial charge in [0.1, 0.15) is 5.69 Å². The summed E-state index contributed by atoms with van der Waals surface area (Å²) in [6.45, 7) is 1.24. The molecule has 0 fully saturated rings. The van der Waals surface area contributed by atoms with E-state index in [1.54, 1.807) is 23.1 Å². The van der Waals surface area contributed by atoms with Crippen LogP contribution in [0.3, 0.4) is 0 Å². The van der Waals surface area contributed by atoms with E-state index in [2.05, 4.69) is 31.7 Å². The molecule has 0 bridgehead atoms. The van der Waals surface area contributed by atoms with Crippen molar-refractivity contribution in [3.8, 4) is 0 Å². The van der Waals surface area contributed by atoms with Crippen LogP contribution in [0.4, 0.5) is 13.2 Å². The quantitative estimate of drug-likeness (QED) is 0.359. The molecule has 0 spiro atoms. The summed E-state index contributed by atoms with van der Waals surface area (Å²) in [4.78, 5) is 22.3. The average molecular weight is 536 g/mol. The molecular weight excluding hydrogens is 511 g/mol. The van der Waals surface area contributed by atoms with Gasteiger partial charge in [-0.3, -0.25) is 4.79 Å². The monoisotopic (exact) mass is 535 g/mol. The zero-order valence-electron chi connectivity index (χ0n) is 20.8. The van der Waals surface area contributed by atoms with Crippen molar-refractivity contribution in [2.24, 2.45) is 0 Å². The van der Waals surface area contributed by atoms with Crippen LogP contribution in [-0.2, 0) is 19.1 Å². The summed E-state index contributed by atoms with van der Waals surface area (Å²) in [5.74, 6) is 0.00613. The maximum absolute atomic E-state index is 13.0. The first-order chi connectivity index (χ1) is 18.8. The zero-order valence-corrected chi connectivity index (χ0v) is 20.8. The third kappa shape index (κ3) is 4.72. The standard InChI is InChI=1S/C18H19N7O.C8H5F3N2/c1-23-6-4-14(22-23)12-2-3-17-13(8-21-25(17)9-12)18(26)24-7-5-15-16(10-24)20-11-19-15;9-8(10,11)7-3-1-2-6-4-5-12-13(6)7/h2-4,6,8-9,11,14,22H,5,7,10H2,1H3,(H,19,20);1-5H. The second kappa shape index (κ2) is 9.58. The van der Waals surface area contributed by atoms with Crippen molar-refractivity contribution in [2.45, 2.75) is 25.2 Å². The molecule has 0 aliphatic carbocycles. The van der Waals surface area contributed by atoms with Gasteiger partial charge < -0.3 is 14.9 Å². The molecule has 7 heterocycles. The minimum absolute atomic E-state index is 0.00613. The lowest BCUT2D eigenvalue weighted by Gasteiger charge is -2.26. The molecule has 10 nitrogen and oxygen atoms in total. The van der Waals surface area contributed by atoms with E-state index in [1.807, 2.05) is 41.5 Å². The lowest BCUT2D eigenvalue weighted by atomic mass is 10.1. The van der Waals surface area contributed by atoms with Gasteiger partial charge in [0.2, 0.25) is 0 Å². The molecule has 7 rings (SSSR count). The van der Waals surface area contributed by atoms with Crippen LogP contribution in [0.15, 0.2) is 73.6 Å². The van der Waals surface area contributed by atoms with Gasteiger partial charge >= 0.3 is 6.18 Å². The third-order valence-corrected chi connectivity index (χ3v) is 6.75. The second-order valence-electron chi connectivity index (χ2n) is 9.29. The predicted molar refractivity (Wildman–Crippen MR) is 135 cm³/mol. The van der Waals surface area contributed by atoms with Crippen molar-refractivity contribution in [1.29, 1.82) is 0 Å². The number of carbonyl (C=O) groups is 1. The van der Waals surface area contributed by atoms with Gasteiger partial charge in [0.25, 0.3) is 5.91 Å². The Kier molecular flexibility index (Phi) is 6.06. The Hall–Kier alpha value is -4.65. The number of fused-ring (bicyclic) bond motifs is 3. The smallest absolute Gasteiger partial charge is 0.347 e. The molecule has 1 amide bonds. The summed E-state index contributed by atoms with van der Waals surface area (Å²) in [5, 5.41) is 9.91. The number of imidazole rings is 1. The van der Waals surface area contributed by atoms with E-state index in [-0.39, 0.29) is 11.9 Å². The minimum atomic E-state index is -4.36. The minimum Gasteiger partial charge on any atom is -0.347 e. The van der Waals surface area contributed by atoms with Gasteiger partial charge in [0, 0.05) is 38.6 Å². The lowest BCUT2D eigenvalue weighted by molar-refractivity contribution is -0.142. The first kappa shape index (κ1) is 24.7. The number of hydrazine groups is 1. The van der Waals surface area contributed by atoms with Crippen LogP contribution in [0, 0.1) is 0 Å². The summed E-state index contributed by atoms with van der Waals surface area (Å²) < 4.78 is 39.7. The van der Waals surface area contributed by atoms with Gasteiger partial charge in [-0.25, -0.2) is 19.4 Å². The van der Waals surface area contributed by atoms with E-state index >= 15 is 0 Å². The second-order valence-corrected chi connectivity index (χ2v) is 9.29. The van der Waals surface area contributed by atoms with Crippen molar-refractivity contribution < 1.29 is 18.0 Å². The molecule has 0 radical (unpaired) electrons. The number of aromatic amines is 1. The summed E-state index contributed by atoms with van der Waals surface area (Å²) in [7, 11) is 1.96. The average Bonchev–Trinajstić information content (AvgIpc) is 3.73. The highest BCUT2D eigenvalue weighted by molar-refractivity contribution is 6.00. The topological polar surface area (TPSA) is 98.9 Å². The molecule has 1 unspecified atom stereocenters. The number of H-pyrrole nitrogens is 1. The molecule has 2 aliphatic rings. The number of halogens is 3. The van der Waals surface area contributed by atoms with Crippen LogP contribution in [0.2, 0.25) is 0 Å². The molecule has 200 valence electrons. The highest BCUT2D eigenvalue weighted by atomic mass is 19.4. The first-order valence-corrected chi connectivity index (χ1v) is 12.2. The van der Waals surface area contributed by atoms with Crippen LogP contribution in [0.25, 0.3) is 11.0 Å². The maximum atomic E-state index is 13.0. The van der Waals surface area contributed by atoms with E-state index in [0.717, 1.165) is 39.5 Å². The molecule has 5 aromatic rings. The third-order valence-electron chi connectivity index (χ3n) is 6.75. The van der Waals surface area contributed by atoms with Crippen molar-refractivity contribution in [2.75, 3.05) is 13.6 Å². The van der Waals surface area contributed by atoms with Gasteiger partial charge in [-0.1, -0.05) is 12.1 Å². The van der Waals surface area contributed by atoms with Gasteiger partial charge in [-0.2, -0.15) is 23.4 Å². The van der Waals surface area contributed by atoms with Crippen LogP contribution in [0.5, 0.6) is 0 Å². The summed E-state index contributed by atoms with van der Waals surface area (Å²) in [6, 6.07) is 9.58. The zero-order chi connectivity index (χ0) is 27.1. The normalized spacial score (nSPS) is 17.0. The number of nitrogens with one attached hydrogen (secondary N) is 2. The van der Waals surface area contributed by atoms with Crippen LogP contribution >= 0.6 is 0 Å². The first-order valence-electron chi connectivity index (χ1n) is 12.2. The number of carbonyl (C=O) groups excluding carboxylic acids is 1. The van der Waals surface area contributed by atoms with Crippen molar-refractivity contribution >= 4 is 16.9 Å². The van der Waals surface area contributed by atoms with E-state index < -0.39 is 11.9 Å². The number of nitrogens with zero attached hydrogens (tertiary/aromatic N) is 7. The number of pyridine rings is 2. The molecule has 0 saturated heterocycles. The molecule has 1 atom stereocenters. The lowest BCUT2D eigenvalue weighted by Crippen LogP contribution is -2.36. The fourth-order valence-electron chi connectivity index (χ4n) is 4.78. The number of amides is 1. The highest BCUT2D eigenvalue weighted by Crippen LogP contribution is 2.29. The van der Waals surface area contributed by atoms with Crippen molar-refractivity contribution in [3.63, 3.8) is 0 Å². The van der Waals surface area contributed by atoms with Crippen LogP contribution < -0.4 is 5.43 Å². The molecule has 5 aromatic heterocycles. The SMILES string of the molecule is CN1C=CC(c2ccc3c(C(=O)N4CCc5nc[nH]c5C4)cnn3c2)N1.FC(F)(F)c1cccc2ccnn12. The number of hydrogen-bond donors (Lipinski definition) is 2. The molecule has 2 aliphatic heterocycles. The van der Waals surface area contributed by atoms with Crippen LogP contribution in [0.1, 0.15) is 39.0 Å². The Morgan fingerprint density at radius 2 is 2.00 bits per heavy atom. The van der Waals surface area contributed by atoms with E-state index in [0.29, 0.717) is 24.2 Å². The highest BCUT2D eigenvalue weighted by Gasteiger charge is 2.33. The van der Waals surface area contributed by atoms with Gasteiger partial charge in [0.05, 0.1) is 53.1 Å². The van der Waals surface area contributed by atoms with Crippen molar-refractivity contribution in [1.82, 2.24) is 44.5 Å². The number of rotatable bonds is 2. The number of hydrogen-bond acceptors (Lipinski definition) is 6. The predicted octanol–water partition coefficient (Wildman–Crippen LogP) is 3.61. The molecule has 0 saturated carbocycles. The van der Waals surface area contributed by atoms with E-state index in [9.17, 15) is 18.0 Å². The Balaban J connectivity index is 0.000000179. The molecular formula is C26H24F3N9O. The Morgan fingerprint density at radius 1 is 1.13 bits per heavy atom. The Morgan fingerprint density at radius 3 is 2.79 bits per heavy atom. The fraction of sp³-hybridized carbons (Fsp3) is 0.231. The van der Waals surface area contributed by atoms with Crippen molar-refractivity contribution in [3.05, 3.63) is 102 Å². The maximum Gasteiger partial charge on any atom is 0.433 e. The fourth-order valence-corrected chi connectivity index (χ4v) is 4.78. The largest absolute Gasteiger partial charge is 0.433 e.